The van der Waals surface area contributed by atoms with Crippen LogP contribution in [0.5, 0.6) is 5.75 Å². The molecule has 0 spiro atoms. The van der Waals surface area contributed by atoms with Crippen molar-refractivity contribution < 1.29 is 24.5 Å². The number of amides is 1. The Morgan fingerprint density at radius 1 is 1.14 bits per heavy atom. The van der Waals surface area contributed by atoms with Crippen LogP contribution in [0.25, 0.3) is 0 Å². The number of rotatable bonds is 8. The summed E-state index contributed by atoms with van der Waals surface area (Å²) in [4.78, 5) is 23.1. The zero-order valence-corrected chi connectivity index (χ0v) is 18.8. The minimum atomic E-state index is -1.01. The number of nitrogens with one attached hydrogen (secondary N) is 1. The van der Waals surface area contributed by atoms with Gasteiger partial charge in [0.15, 0.2) is 0 Å². The number of hydrogen-bond donors (Lipinski definition) is 3. The number of halogens is 2. The minimum Gasteiger partial charge on any atom is -0.508 e. The average molecular weight is 527 g/mol. The lowest BCUT2D eigenvalue weighted by molar-refractivity contribution is -0.131. The molecule has 0 aliphatic heterocycles. The van der Waals surface area contributed by atoms with Crippen molar-refractivity contribution in [2.75, 3.05) is 5.32 Å². The lowest BCUT2D eigenvalue weighted by atomic mass is 9.92. The van der Waals surface area contributed by atoms with Gasteiger partial charge in [0, 0.05) is 26.3 Å². The summed E-state index contributed by atoms with van der Waals surface area (Å²) in [6.07, 6.45) is 2.33. The van der Waals surface area contributed by atoms with Crippen LogP contribution in [-0.4, -0.2) is 22.3 Å². The summed E-state index contributed by atoms with van der Waals surface area (Å²) in [7, 11) is 0. The lowest BCUT2D eigenvalue weighted by Crippen LogP contribution is -2.22. The number of carbonyl (C=O) groups is 2. The van der Waals surface area contributed by atoms with Gasteiger partial charge in [0.25, 0.3) is 0 Å². The second-order valence-electron chi connectivity index (χ2n) is 6.46. The molecular weight excluding hydrogens is 506 g/mol. The molecule has 0 heterocycles. The molecule has 0 unspecified atom stereocenters. The SMILES string of the molecule is C[C@H](CC/C=C/C(=O)O)[C@H](OC(=O)Nc1ccc(Br)cc1)c1cc(Br)ccc1O. The van der Waals surface area contributed by atoms with E-state index in [0.29, 0.717) is 24.1 Å². The van der Waals surface area contributed by atoms with Crippen LogP contribution in [0.4, 0.5) is 10.5 Å². The van der Waals surface area contributed by atoms with E-state index >= 15 is 0 Å². The average Bonchev–Trinajstić information content (AvgIpc) is 2.67. The Kier molecular flexibility index (Phi) is 8.72. The van der Waals surface area contributed by atoms with Crippen LogP contribution in [-0.2, 0) is 9.53 Å². The van der Waals surface area contributed by atoms with E-state index in [1.807, 2.05) is 6.92 Å². The number of carboxylic acids is 1. The van der Waals surface area contributed by atoms with Gasteiger partial charge in [-0.2, -0.15) is 0 Å². The molecule has 154 valence electrons. The number of benzene rings is 2. The van der Waals surface area contributed by atoms with Crippen LogP contribution in [0.3, 0.4) is 0 Å². The molecule has 2 aromatic rings. The minimum absolute atomic E-state index is 0.0163. The summed E-state index contributed by atoms with van der Waals surface area (Å²) in [5.41, 5.74) is 1.05. The quantitative estimate of drug-likeness (QED) is 0.352. The first-order valence-corrected chi connectivity index (χ1v) is 10.5. The molecule has 3 N–H and O–H groups in total. The van der Waals surface area contributed by atoms with Gasteiger partial charge in [0.2, 0.25) is 0 Å². The molecule has 29 heavy (non-hydrogen) atoms. The van der Waals surface area contributed by atoms with Crippen molar-refractivity contribution in [2.24, 2.45) is 5.92 Å². The van der Waals surface area contributed by atoms with Crippen LogP contribution in [0.2, 0.25) is 0 Å². The van der Waals surface area contributed by atoms with E-state index in [1.54, 1.807) is 42.5 Å². The number of phenolic OH excluding ortho intramolecular Hbond substituents is 1. The summed E-state index contributed by atoms with van der Waals surface area (Å²) < 4.78 is 7.29. The fraction of sp³-hybridized carbons (Fsp3) is 0.238. The van der Waals surface area contributed by atoms with Gasteiger partial charge in [-0.1, -0.05) is 44.9 Å². The largest absolute Gasteiger partial charge is 0.508 e. The Hall–Kier alpha value is -2.32. The summed E-state index contributed by atoms with van der Waals surface area (Å²) in [6, 6.07) is 12.0. The molecule has 0 aliphatic rings. The van der Waals surface area contributed by atoms with Crippen molar-refractivity contribution in [2.45, 2.75) is 25.9 Å². The number of aromatic hydroxyl groups is 1. The monoisotopic (exact) mass is 525 g/mol. The van der Waals surface area contributed by atoms with Gasteiger partial charge in [-0.05, 0) is 61.2 Å². The van der Waals surface area contributed by atoms with Crippen LogP contribution >= 0.6 is 31.9 Å². The second kappa shape index (κ2) is 11.0. The van der Waals surface area contributed by atoms with Gasteiger partial charge in [-0.15, -0.1) is 0 Å². The fourth-order valence-electron chi connectivity index (χ4n) is 2.73. The zero-order valence-electron chi connectivity index (χ0n) is 15.6. The number of hydrogen-bond acceptors (Lipinski definition) is 4. The highest BCUT2D eigenvalue weighted by molar-refractivity contribution is 9.10. The maximum atomic E-state index is 12.5. The van der Waals surface area contributed by atoms with E-state index in [-0.39, 0.29) is 11.7 Å². The second-order valence-corrected chi connectivity index (χ2v) is 8.29. The highest BCUT2D eigenvalue weighted by atomic mass is 79.9. The van der Waals surface area contributed by atoms with Crippen LogP contribution in [0.15, 0.2) is 63.6 Å². The first-order chi connectivity index (χ1) is 13.8. The maximum absolute atomic E-state index is 12.5. The predicted molar refractivity (Wildman–Crippen MR) is 118 cm³/mol. The predicted octanol–water partition coefficient (Wildman–Crippen LogP) is 6.26. The highest BCUT2D eigenvalue weighted by Gasteiger charge is 2.26. The summed E-state index contributed by atoms with van der Waals surface area (Å²) in [5, 5.41) is 21.7. The highest BCUT2D eigenvalue weighted by Crippen LogP contribution is 2.36. The summed E-state index contributed by atoms with van der Waals surface area (Å²) >= 11 is 6.71. The van der Waals surface area contributed by atoms with E-state index in [2.05, 4.69) is 37.2 Å². The molecule has 0 bridgehead atoms. The Morgan fingerprint density at radius 2 is 1.79 bits per heavy atom. The standard InChI is InChI=1S/C21H21Br2NO5/c1-13(4-2-3-5-19(26)27)20(17-12-15(23)8-11-18(17)25)29-21(28)24-16-9-6-14(22)7-10-16/h3,5-13,20,25H,2,4H2,1H3,(H,24,28)(H,26,27)/b5-3+/t13-,20+/m1/s1. The topological polar surface area (TPSA) is 95.9 Å². The maximum Gasteiger partial charge on any atom is 0.412 e. The number of anilines is 1. The van der Waals surface area contributed by atoms with Crippen molar-refractivity contribution in [3.8, 4) is 5.75 Å². The van der Waals surface area contributed by atoms with Gasteiger partial charge in [-0.25, -0.2) is 9.59 Å². The molecule has 8 heteroatoms. The molecular formula is C21H21Br2NO5. The van der Waals surface area contributed by atoms with E-state index in [4.69, 9.17) is 9.84 Å². The summed E-state index contributed by atoms with van der Waals surface area (Å²) in [5.74, 6) is -1.17. The van der Waals surface area contributed by atoms with Crippen LogP contribution in [0.1, 0.15) is 31.4 Å². The molecule has 2 rings (SSSR count). The van der Waals surface area contributed by atoms with E-state index < -0.39 is 18.2 Å². The fourth-order valence-corrected chi connectivity index (χ4v) is 3.37. The van der Waals surface area contributed by atoms with E-state index in [9.17, 15) is 14.7 Å². The number of allylic oxidation sites excluding steroid dienone is 1. The Bertz CT molecular complexity index is 883. The molecule has 0 fully saturated rings. The third kappa shape index (κ3) is 7.55. The van der Waals surface area contributed by atoms with Gasteiger partial charge in [0.1, 0.15) is 11.9 Å². The normalized spacial score (nSPS) is 13.1. The smallest absolute Gasteiger partial charge is 0.412 e. The molecule has 1 amide bonds. The van der Waals surface area contributed by atoms with Crippen molar-refractivity contribution >= 4 is 49.6 Å². The Balaban J connectivity index is 2.17. The molecule has 0 aromatic heterocycles. The van der Waals surface area contributed by atoms with Gasteiger partial charge in [-0.3, -0.25) is 5.32 Å². The van der Waals surface area contributed by atoms with E-state index in [0.717, 1.165) is 15.0 Å². The third-order valence-corrected chi connectivity index (χ3v) is 5.21. The van der Waals surface area contributed by atoms with Gasteiger partial charge < -0.3 is 14.9 Å². The lowest BCUT2D eigenvalue weighted by Gasteiger charge is -2.25. The molecule has 0 aliphatic carbocycles. The number of aliphatic carboxylic acids is 1. The molecule has 2 atom stereocenters. The van der Waals surface area contributed by atoms with E-state index in [1.165, 1.54) is 6.07 Å². The summed E-state index contributed by atoms with van der Waals surface area (Å²) in [6.45, 7) is 1.88. The Morgan fingerprint density at radius 3 is 2.45 bits per heavy atom. The number of ether oxygens (including phenoxy) is 1. The molecule has 2 aromatic carbocycles. The third-order valence-electron chi connectivity index (χ3n) is 4.19. The van der Waals surface area contributed by atoms with Crippen molar-refractivity contribution in [1.29, 1.82) is 0 Å². The van der Waals surface area contributed by atoms with Crippen molar-refractivity contribution in [3.05, 3.63) is 69.1 Å². The first-order valence-electron chi connectivity index (χ1n) is 8.87. The molecule has 0 saturated carbocycles. The molecule has 0 saturated heterocycles. The zero-order chi connectivity index (χ0) is 21.4. The first kappa shape index (κ1) is 23.0. The molecule has 6 nitrogen and oxygen atoms in total. The number of carboxylic acid groups (broad SMARTS) is 1. The van der Waals surface area contributed by atoms with Crippen molar-refractivity contribution in [1.82, 2.24) is 0 Å². The Labute approximate surface area is 185 Å². The number of phenols is 1. The van der Waals surface area contributed by atoms with Crippen LogP contribution in [0, 0.1) is 5.92 Å². The van der Waals surface area contributed by atoms with Gasteiger partial charge >= 0.3 is 12.1 Å². The number of carbonyl (C=O) groups excluding carboxylic acids is 1. The van der Waals surface area contributed by atoms with Crippen LogP contribution < -0.4 is 5.32 Å². The van der Waals surface area contributed by atoms with Crippen molar-refractivity contribution in [3.63, 3.8) is 0 Å². The molecule has 0 radical (unpaired) electrons. The van der Waals surface area contributed by atoms with Gasteiger partial charge in [0.05, 0.1) is 0 Å².